The Balaban J connectivity index is 1.53. The predicted octanol–water partition coefficient (Wildman–Crippen LogP) is 4.52. The van der Waals surface area contributed by atoms with Gasteiger partial charge in [0.2, 0.25) is 5.91 Å². The van der Waals surface area contributed by atoms with Gasteiger partial charge in [-0.05, 0) is 46.3 Å². The zero-order chi connectivity index (χ0) is 21.1. The number of hydrogen-bond donors (Lipinski definition) is 1. The van der Waals surface area contributed by atoms with E-state index >= 15 is 0 Å². The highest BCUT2D eigenvalue weighted by Crippen LogP contribution is 2.33. The molecule has 1 aliphatic rings. The molecule has 0 radical (unpaired) electrons. The van der Waals surface area contributed by atoms with E-state index in [-0.39, 0.29) is 6.54 Å². The van der Waals surface area contributed by atoms with Gasteiger partial charge >= 0.3 is 0 Å². The van der Waals surface area contributed by atoms with Crippen LogP contribution in [0.15, 0.2) is 71.6 Å². The van der Waals surface area contributed by atoms with Gasteiger partial charge in [0.15, 0.2) is 0 Å². The minimum Gasteiger partial charge on any atom is -0.495 e. The maximum absolute atomic E-state index is 12.8. The molecule has 1 saturated heterocycles. The summed E-state index contributed by atoms with van der Waals surface area (Å²) in [6, 6.07) is 20.5. The number of para-hydroxylation sites is 2. The van der Waals surface area contributed by atoms with Crippen LogP contribution in [0.4, 0.5) is 10.5 Å². The zero-order valence-electron chi connectivity index (χ0n) is 16.1. The van der Waals surface area contributed by atoms with Crippen molar-refractivity contribution in [2.75, 3.05) is 19.0 Å². The maximum Gasteiger partial charge on any atom is 0.294 e. The third-order valence-electron chi connectivity index (χ3n) is 4.67. The molecule has 3 aromatic carbocycles. The monoisotopic (exact) mass is 418 g/mol. The number of hydrogen-bond acceptors (Lipinski definition) is 5. The van der Waals surface area contributed by atoms with Gasteiger partial charge < -0.3 is 10.1 Å². The lowest BCUT2D eigenvalue weighted by molar-refractivity contribution is -0.127. The Bertz CT molecular complexity index is 1180. The number of carbonyl (C=O) groups excluding carboxylic acids is 3. The van der Waals surface area contributed by atoms with E-state index < -0.39 is 17.1 Å². The summed E-state index contributed by atoms with van der Waals surface area (Å²) in [6.45, 7) is -0.365. The summed E-state index contributed by atoms with van der Waals surface area (Å²) < 4.78 is 5.20. The first-order valence-electron chi connectivity index (χ1n) is 9.23. The summed E-state index contributed by atoms with van der Waals surface area (Å²) in [6.07, 6.45) is 1.70. The van der Waals surface area contributed by atoms with E-state index in [1.54, 1.807) is 30.3 Å². The highest BCUT2D eigenvalue weighted by molar-refractivity contribution is 8.18. The molecular formula is C23H18N2O4S. The Labute approximate surface area is 177 Å². The van der Waals surface area contributed by atoms with Crippen molar-refractivity contribution in [3.63, 3.8) is 0 Å². The van der Waals surface area contributed by atoms with Crippen LogP contribution in [-0.4, -0.2) is 35.6 Å². The molecular weight excluding hydrogens is 400 g/mol. The third-order valence-corrected chi connectivity index (χ3v) is 5.57. The van der Waals surface area contributed by atoms with Crippen LogP contribution in [0.2, 0.25) is 0 Å². The number of nitrogens with one attached hydrogen (secondary N) is 1. The summed E-state index contributed by atoms with van der Waals surface area (Å²) >= 11 is 0.835. The van der Waals surface area contributed by atoms with Crippen LogP contribution in [0, 0.1) is 0 Å². The van der Waals surface area contributed by atoms with E-state index in [1.807, 2.05) is 42.5 Å². The topological polar surface area (TPSA) is 75.7 Å². The Kier molecular flexibility index (Phi) is 5.54. The number of nitrogens with zero attached hydrogens (tertiary/aromatic N) is 1. The van der Waals surface area contributed by atoms with E-state index in [1.165, 1.54) is 7.11 Å². The van der Waals surface area contributed by atoms with Crippen molar-refractivity contribution in [3.8, 4) is 5.75 Å². The summed E-state index contributed by atoms with van der Waals surface area (Å²) in [7, 11) is 1.50. The fourth-order valence-electron chi connectivity index (χ4n) is 3.24. The van der Waals surface area contributed by atoms with Crippen molar-refractivity contribution < 1.29 is 19.1 Å². The number of thioether (sulfide) groups is 1. The molecule has 0 aliphatic carbocycles. The number of rotatable bonds is 5. The second kappa shape index (κ2) is 8.42. The smallest absolute Gasteiger partial charge is 0.294 e. The van der Waals surface area contributed by atoms with Gasteiger partial charge in [0, 0.05) is 0 Å². The molecule has 150 valence electrons. The summed E-state index contributed by atoms with van der Waals surface area (Å²) in [4.78, 5) is 38.8. The minimum atomic E-state index is -0.479. The first-order chi connectivity index (χ1) is 14.6. The Morgan fingerprint density at radius 3 is 2.60 bits per heavy atom. The number of carbonyl (C=O) groups is 3. The molecule has 1 aliphatic heterocycles. The molecule has 0 aromatic heterocycles. The summed E-state index contributed by atoms with van der Waals surface area (Å²) in [5, 5.41) is 4.24. The number of fused-ring (bicyclic) bond motifs is 1. The highest BCUT2D eigenvalue weighted by atomic mass is 32.2. The fraction of sp³-hybridized carbons (Fsp3) is 0.0870. The molecule has 0 spiro atoms. The van der Waals surface area contributed by atoms with E-state index in [2.05, 4.69) is 5.32 Å². The van der Waals surface area contributed by atoms with E-state index in [0.29, 0.717) is 16.3 Å². The summed E-state index contributed by atoms with van der Waals surface area (Å²) in [5.41, 5.74) is 1.32. The second-order valence-electron chi connectivity index (χ2n) is 6.58. The van der Waals surface area contributed by atoms with E-state index in [9.17, 15) is 14.4 Å². The Morgan fingerprint density at radius 1 is 1.03 bits per heavy atom. The Morgan fingerprint density at radius 2 is 1.77 bits per heavy atom. The molecule has 6 nitrogen and oxygen atoms in total. The average Bonchev–Trinajstić information content (AvgIpc) is 3.01. The summed E-state index contributed by atoms with van der Waals surface area (Å²) in [5.74, 6) is -0.461. The van der Waals surface area contributed by atoms with E-state index in [0.717, 1.165) is 33.0 Å². The molecule has 0 unspecified atom stereocenters. The number of anilines is 1. The van der Waals surface area contributed by atoms with Crippen LogP contribution < -0.4 is 10.1 Å². The SMILES string of the molecule is COc1ccccc1NC(=O)CN1C(=O)S/C(=C\c2cccc3ccccc23)C1=O. The maximum atomic E-state index is 12.8. The molecule has 0 atom stereocenters. The number of imide groups is 1. The van der Waals surface area contributed by atoms with Gasteiger partial charge in [0.05, 0.1) is 17.7 Å². The molecule has 7 heteroatoms. The molecule has 1 N–H and O–H groups in total. The first kappa shape index (κ1) is 19.7. The van der Waals surface area contributed by atoms with Crippen molar-refractivity contribution in [2.24, 2.45) is 0 Å². The molecule has 0 saturated carbocycles. The fourth-order valence-corrected chi connectivity index (χ4v) is 4.06. The first-order valence-corrected chi connectivity index (χ1v) is 10.0. The molecule has 1 fully saturated rings. The van der Waals surface area contributed by atoms with Crippen molar-refractivity contribution >= 4 is 51.4 Å². The number of benzene rings is 3. The molecule has 1 heterocycles. The minimum absolute atomic E-state index is 0.293. The molecule has 0 bridgehead atoms. The molecule has 4 rings (SSSR count). The highest BCUT2D eigenvalue weighted by Gasteiger charge is 2.36. The van der Waals surface area contributed by atoms with E-state index in [4.69, 9.17) is 4.74 Å². The Hall–Kier alpha value is -3.58. The normalized spacial score (nSPS) is 15.1. The van der Waals surface area contributed by atoms with Crippen molar-refractivity contribution in [3.05, 3.63) is 77.2 Å². The van der Waals surface area contributed by atoms with Crippen molar-refractivity contribution in [2.45, 2.75) is 0 Å². The predicted molar refractivity (Wildman–Crippen MR) is 118 cm³/mol. The van der Waals surface area contributed by atoms with Gasteiger partial charge in [-0.15, -0.1) is 0 Å². The number of methoxy groups -OCH3 is 1. The zero-order valence-corrected chi connectivity index (χ0v) is 16.9. The van der Waals surface area contributed by atoms with Gasteiger partial charge in [0.1, 0.15) is 12.3 Å². The lowest BCUT2D eigenvalue weighted by Gasteiger charge is -2.14. The van der Waals surface area contributed by atoms with Crippen LogP contribution >= 0.6 is 11.8 Å². The second-order valence-corrected chi connectivity index (χ2v) is 7.58. The number of amides is 3. The quantitative estimate of drug-likeness (QED) is 0.617. The average molecular weight is 418 g/mol. The van der Waals surface area contributed by atoms with Gasteiger partial charge in [-0.1, -0.05) is 54.6 Å². The third kappa shape index (κ3) is 3.92. The van der Waals surface area contributed by atoms with Gasteiger partial charge in [-0.3, -0.25) is 19.3 Å². The standard InChI is InChI=1S/C23H18N2O4S/c1-29-19-12-5-4-11-18(19)24-21(26)14-25-22(27)20(30-23(25)28)13-16-9-6-8-15-7-2-3-10-17(15)16/h2-13H,14H2,1H3,(H,24,26)/b20-13-. The van der Waals surface area contributed by atoms with Crippen LogP contribution in [0.3, 0.4) is 0 Å². The lowest BCUT2D eigenvalue weighted by Crippen LogP contribution is -2.36. The molecule has 3 aromatic rings. The molecule has 30 heavy (non-hydrogen) atoms. The van der Waals surface area contributed by atoms with Gasteiger partial charge in [-0.25, -0.2) is 0 Å². The van der Waals surface area contributed by atoms with Crippen LogP contribution in [-0.2, 0) is 9.59 Å². The van der Waals surface area contributed by atoms with Gasteiger partial charge in [-0.2, -0.15) is 0 Å². The van der Waals surface area contributed by atoms with Crippen molar-refractivity contribution in [1.82, 2.24) is 4.90 Å². The van der Waals surface area contributed by atoms with Crippen LogP contribution in [0.1, 0.15) is 5.56 Å². The van der Waals surface area contributed by atoms with Gasteiger partial charge in [0.25, 0.3) is 11.1 Å². The molecule has 3 amide bonds. The lowest BCUT2D eigenvalue weighted by atomic mass is 10.0. The number of ether oxygens (including phenoxy) is 1. The van der Waals surface area contributed by atoms with Crippen LogP contribution in [0.25, 0.3) is 16.8 Å². The largest absolute Gasteiger partial charge is 0.495 e. The van der Waals surface area contributed by atoms with Crippen molar-refractivity contribution in [1.29, 1.82) is 0 Å². The van der Waals surface area contributed by atoms with Crippen LogP contribution in [0.5, 0.6) is 5.75 Å².